The van der Waals surface area contributed by atoms with Crippen LogP contribution in [0.3, 0.4) is 0 Å². The first-order valence-electron chi connectivity index (χ1n) is 7.20. The van der Waals surface area contributed by atoms with Crippen molar-refractivity contribution < 1.29 is 9.18 Å². The molecule has 1 saturated heterocycles. The maximum atomic E-state index is 13.4. The molecule has 0 spiro atoms. The van der Waals surface area contributed by atoms with Gasteiger partial charge in [-0.1, -0.05) is 6.42 Å². The summed E-state index contributed by atoms with van der Waals surface area (Å²) in [6.45, 7) is 0.907. The molecule has 0 aromatic heterocycles. The fraction of sp³-hybridized carbons (Fsp3) is 0.533. The van der Waals surface area contributed by atoms with Crippen molar-refractivity contribution in [2.75, 3.05) is 12.3 Å². The second-order valence-electron chi connectivity index (χ2n) is 5.38. The molecule has 2 heterocycles. The van der Waals surface area contributed by atoms with Crippen LogP contribution < -0.4 is 10.6 Å². The minimum Gasteiger partial charge on any atom is -0.348 e. The highest BCUT2D eigenvalue weighted by molar-refractivity contribution is 7.99. The highest BCUT2D eigenvalue weighted by Gasteiger charge is 2.27. The predicted molar refractivity (Wildman–Crippen MR) is 78.3 cm³/mol. The smallest absolute Gasteiger partial charge is 0.237 e. The van der Waals surface area contributed by atoms with Crippen LogP contribution in [0.1, 0.15) is 37.3 Å². The average molecular weight is 294 g/mol. The summed E-state index contributed by atoms with van der Waals surface area (Å²) in [5, 5.41) is 6.34. The summed E-state index contributed by atoms with van der Waals surface area (Å²) in [6, 6.07) is 4.71. The maximum Gasteiger partial charge on any atom is 0.237 e. The molecule has 0 saturated carbocycles. The van der Waals surface area contributed by atoms with Crippen LogP contribution in [0.15, 0.2) is 23.1 Å². The lowest BCUT2D eigenvalue weighted by Crippen LogP contribution is -2.47. The number of hydrogen-bond donors (Lipinski definition) is 2. The van der Waals surface area contributed by atoms with E-state index in [1.54, 1.807) is 17.8 Å². The molecule has 2 aliphatic heterocycles. The van der Waals surface area contributed by atoms with Gasteiger partial charge in [-0.05, 0) is 49.6 Å². The molecule has 2 aliphatic rings. The largest absolute Gasteiger partial charge is 0.348 e. The maximum absolute atomic E-state index is 13.4. The Hall–Kier alpha value is -1.07. The second-order valence-corrected chi connectivity index (χ2v) is 6.52. The van der Waals surface area contributed by atoms with E-state index in [0.717, 1.165) is 48.4 Å². The van der Waals surface area contributed by atoms with Crippen molar-refractivity contribution in [3.05, 3.63) is 29.6 Å². The Morgan fingerprint density at radius 2 is 2.25 bits per heavy atom. The van der Waals surface area contributed by atoms with Gasteiger partial charge in [0.05, 0.1) is 12.1 Å². The third-order valence-corrected chi connectivity index (χ3v) is 5.08. The molecule has 2 atom stereocenters. The minimum atomic E-state index is -0.235. The number of fused-ring (bicyclic) bond motifs is 1. The molecular weight excluding hydrogens is 275 g/mol. The molecule has 0 bridgehead atoms. The number of rotatable bonds is 2. The minimum absolute atomic E-state index is 0.0526. The van der Waals surface area contributed by atoms with E-state index in [4.69, 9.17) is 0 Å². The van der Waals surface area contributed by atoms with Crippen molar-refractivity contribution in [2.24, 2.45) is 0 Å². The quantitative estimate of drug-likeness (QED) is 0.881. The molecule has 1 unspecified atom stereocenters. The molecule has 1 amide bonds. The lowest BCUT2D eigenvalue weighted by molar-refractivity contribution is -0.124. The standard InChI is InChI=1S/C15H19FN2OS/c16-10-4-5-14-11(9-10)12(6-8-20-14)18-15(19)13-3-1-2-7-17-13/h4-5,9,12-13,17H,1-3,6-8H2,(H,18,19)/t12?,13-/m0/s1. The predicted octanol–water partition coefficient (Wildman–Crippen LogP) is 2.62. The summed E-state index contributed by atoms with van der Waals surface area (Å²) in [5.74, 6) is 0.778. The van der Waals surface area contributed by atoms with Gasteiger partial charge in [0, 0.05) is 10.6 Å². The molecule has 3 nitrogen and oxygen atoms in total. The van der Waals surface area contributed by atoms with E-state index in [9.17, 15) is 9.18 Å². The Kier molecular flexibility index (Phi) is 4.27. The Balaban J connectivity index is 1.72. The van der Waals surface area contributed by atoms with Gasteiger partial charge >= 0.3 is 0 Å². The van der Waals surface area contributed by atoms with Crippen molar-refractivity contribution in [3.63, 3.8) is 0 Å². The lowest BCUT2D eigenvalue weighted by Gasteiger charge is -2.29. The Morgan fingerprint density at radius 1 is 1.35 bits per heavy atom. The highest BCUT2D eigenvalue weighted by atomic mass is 32.2. The van der Waals surface area contributed by atoms with Crippen LogP contribution in [0, 0.1) is 5.82 Å². The van der Waals surface area contributed by atoms with Crippen LogP contribution in [0.5, 0.6) is 0 Å². The van der Waals surface area contributed by atoms with E-state index in [2.05, 4.69) is 10.6 Å². The fourth-order valence-corrected chi connectivity index (χ4v) is 3.97. The summed E-state index contributed by atoms with van der Waals surface area (Å²) in [7, 11) is 0. The molecule has 5 heteroatoms. The van der Waals surface area contributed by atoms with Crippen molar-refractivity contribution >= 4 is 17.7 Å². The summed E-state index contributed by atoms with van der Waals surface area (Å²) in [5.41, 5.74) is 0.922. The molecule has 1 aromatic rings. The third kappa shape index (κ3) is 2.99. The molecule has 3 rings (SSSR count). The van der Waals surface area contributed by atoms with Crippen LogP contribution in [0.25, 0.3) is 0 Å². The summed E-state index contributed by atoms with van der Waals surface area (Å²) >= 11 is 1.73. The molecule has 0 radical (unpaired) electrons. The number of benzene rings is 1. The second kappa shape index (κ2) is 6.14. The third-order valence-electron chi connectivity index (χ3n) is 3.95. The number of carbonyl (C=O) groups excluding carboxylic acids is 1. The Morgan fingerprint density at radius 3 is 3.05 bits per heavy atom. The number of nitrogens with one attached hydrogen (secondary N) is 2. The van der Waals surface area contributed by atoms with Gasteiger partial charge in [0.15, 0.2) is 0 Å². The van der Waals surface area contributed by atoms with Gasteiger partial charge < -0.3 is 10.6 Å². The van der Waals surface area contributed by atoms with Crippen LogP contribution in [0.4, 0.5) is 4.39 Å². The number of piperidine rings is 1. The van der Waals surface area contributed by atoms with E-state index in [1.807, 2.05) is 6.07 Å². The number of thioether (sulfide) groups is 1. The van der Waals surface area contributed by atoms with Crippen LogP contribution in [-0.4, -0.2) is 24.2 Å². The van der Waals surface area contributed by atoms with Crippen LogP contribution >= 0.6 is 11.8 Å². The number of carbonyl (C=O) groups is 1. The molecule has 1 aromatic carbocycles. The molecule has 1 fully saturated rings. The first kappa shape index (κ1) is 13.9. The highest BCUT2D eigenvalue weighted by Crippen LogP contribution is 2.36. The van der Waals surface area contributed by atoms with E-state index < -0.39 is 0 Å². The monoisotopic (exact) mass is 294 g/mol. The van der Waals surface area contributed by atoms with Crippen molar-refractivity contribution in [3.8, 4) is 0 Å². The SMILES string of the molecule is O=C(NC1CCSc2ccc(F)cc21)[C@@H]1CCCCN1. The molecular formula is C15H19FN2OS. The van der Waals surface area contributed by atoms with Gasteiger partial charge in [-0.3, -0.25) is 4.79 Å². The first-order valence-corrected chi connectivity index (χ1v) is 8.18. The van der Waals surface area contributed by atoms with Crippen LogP contribution in [0.2, 0.25) is 0 Å². The summed E-state index contributed by atoms with van der Waals surface area (Å²) < 4.78 is 13.4. The van der Waals surface area contributed by atoms with Gasteiger partial charge in [0.25, 0.3) is 0 Å². The Bertz CT molecular complexity index is 503. The van der Waals surface area contributed by atoms with Crippen molar-refractivity contribution in [1.82, 2.24) is 10.6 Å². The zero-order valence-corrected chi connectivity index (χ0v) is 12.1. The lowest BCUT2D eigenvalue weighted by atomic mass is 10.0. The topological polar surface area (TPSA) is 41.1 Å². The molecule has 2 N–H and O–H groups in total. The Labute approximate surface area is 122 Å². The summed E-state index contributed by atoms with van der Waals surface area (Å²) in [6.07, 6.45) is 3.98. The molecule has 20 heavy (non-hydrogen) atoms. The number of hydrogen-bond acceptors (Lipinski definition) is 3. The van der Waals surface area contributed by atoms with Crippen molar-refractivity contribution in [2.45, 2.75) is 42.7 Å². The van der Waals surface area contributed by atoms with Gasteiger partial charge in [-0.2, -0.15) is 0 Å². The number of halogens is 1. The fourth-order valence-electron chi connectivity index (χ4n) is 2.86. The van der Waals surface area contributed by atoms with Gasteiger partial charge in [-0.25, -0.2) is 4.39 Å². The first-order chi connectivity index (χ1) is 9.74. The van der Waals surface area contributed by atoms with Gasteiger partial charge in [-0.15, -0.1) is 11.8 Å². The zero-order valence-electron chi connectivity index (χ0n) is 11.3. The van der Waals surface area contributed by atoms with Crippen LogP contribution in [-0.2, 0) is 4.79 Å². The normalized spacial score (nSPS) is 25.9. The van der Waals surface area contributed by atoms with E-state index in [0.29, 0.717) is 0 Å². The van der Waals surface area contributed by atoms with Crippen molar-refractivity contribution in [1.29, 1.82) is 0 Å². The van der Waals surface area contributed by atoms with Gasteiger partial charge in [0.1, 0.15) is 5.82 Å². The summed E-state index contributed by atoms with van der Waals surface area (Å²) in [4.78, 5) is 13.4. The molecule has 0 aliphatic carbocycles. The zero-order chi connectivity index (χ0) is 13.9. The van der Waals surface area contributed by atoms with E-state index in [-0.39, 0.29) is 23.8 Å². The van der Waals surface area contributed by atoms with E-state index >= 15 is 0 Å². The molecule has 108 valence electrons. The van der Waals surface area contributed by atoms with Gasteiger partial charge in [0.2, 0.25) is 5.91 Å². The average Bonchev–Trinajstić information content (AvgIpc) is 2.49. The van der Waals surface area contributed by atoms with E-state index in [1.165, 1.54) is 6.07 Å². The number of amides is 1.